The first-order valence-corrected chi connectivity index (χ1v) is 9.03. The van der Waals surface area contributed by atoms with E-state index < -0.39 is 23.7 Å². The fourth-order valence-electron chi connectivity index (χ4n) is 3.04. The molecule has 1 heterocycles. The van der Waals surface area contributed by atoms with Crippen molar-refractivity contribution in [3.63, 3.8) is 0 Å². The van der Waals surface area contributed by atoms with Gasteiger partial charge in [-0.25, -0.2) is 0 Å². The van der Waals surface area contributed by atoms with Crippen LogP contribution in [0.15, 0.2) is 53.0 Å². The zero-order valence-corrected chi connectivity index (χ0v) is 15.9. The molecule has 8 heteroatoms. The van der Waals surface area contributed by atoms with Gasteiger partial charge in [0.05, 0.1) is 5.56 Å². The lowest BCUT2D eigenvalue weighted by atomic mass is 10.1. The van der Waals surface area contributed by atoms with E-state index in [0.717, 1.165) is 16.6 Å². The van der Waals surface area contributed by atoms with Crippen LogP contribution in [0.5, 0.6) is 0 Å². The summed E-state index contributed by atoms with van der Waals surface area (Å²) >= 11 is 3.31. The van der Waals surface area contributed by atoms with Gasteiger partial charge in [-0.15, -0.1) is 0 Å². The molecular weight excluding hydrogens is 425 g/mol. The molecule has 0 aliphatic carbocycles. The number of hydrogen-bond acceptors (Lipinski definition) is 2. The molecular formula is C19H16BrF3N2O2. The quantitative estimate of drug-likeness (QED) is 0.696. The number of rotatable bonds is 2. The number of anilines is 1. The highest BCUT2D eigenvalue weighted by atomic mass is 79.9. The monoisotopic (exact) mass is 440 g/mol. The maximum Gasteiger partial charge on any atom is 0.416 e. The molecule has 2 aromatic rings. The SMILES string of the molecule is CC1C(=O)N(c2cccc(C(F)(F)F)c2)CCN1C(=O)c1cccc(Br)c1. The molecule has 3 rings (SSSR count). The number of amides is 2. The molecule has 0 bridgehead atoms. The van der Waals surface area contributed by atoms with E-state index >= 15 is 0 Å². The predicted octanol–water partition coefficient (Wildman–Crippen LogP) is 4.35. The first-order valence-electron chi connectivity index (χ1n) is 8.23. The summed E-state index contributed by atoms with van der Waals surface area (Å²) in [6.45, 7) is 1.94. The molecule has 0 aromatic heterocycles. The molecule has 1 aliphatic heterocycles. The van der Waals surface area contributed by atoms with Gasteiger partial charge in [-0.2, -0.15) is 13.2 Å². The molecule has 4 nitrogen and oxygen atoms in total. The van der Waals surface area contributed by atoms with Gasteiger partial charge in [0.15, 0.2) is 0 Å². The minimum atomic E-state index is -4.48. The van der Waals surface area contributed by atoms with Gasteiger partial charge in [0.2, 0.25) is 5.91 Å². The van der Waals surface area contributed by atoms with Gasteiger partial charge in [0.1, 0.15) is 6.04 Å². The molecule has 1 saturated heterocycles. The third-order valence-corrected chi connectivity index (χ3v) is 4.97. The van der Waals surface area contributed by atoms with E-state index in [9.17, 15) is 22.8 Å². The van der Waals surface area contributed by atoms with Crippen molar-refractivity contribution < 1.29 is 22.8 Å². The summed E-state index contributed by atoms with van der Waals surface area (Å²) < 4.78 is 39.6. The molecule has 1 atom stereocenters. The van der Waals surface area contributed by atoms with E-state index in [0.29, 0.717) is 5.56 Å². The minimum Gasteiger partial charge on any atom is -0.325 e. The first kappa shape index (κ1) is 19.4. The number of piperazine rings is 1. The van der Waals surface area contributed by atoms with Crippen molar-refractivity contribution in [2.45, 2.75) is 19.1 Å². The highest BCUT2D eigenvalue weighted by Gasteiger charge is 2.36. The van der Waals surface area contributed by atoms with Crippen LogP contribution in [-0.4, -0.2) is 35.8 Å². The molecule has 1 unspecified atom stereocenters. The van der Waals surface area contributed by atoms with E-state index in [4.69, 9.17) is 0 Å². The second kappa shape index (κ2) is 7.34. The topological polar surface area (TPSA) is 40.6 Å². The molecule has 142 valence electrons. The van der Waals surface area contributed by atoms with Crippen LogP contribution >= 0.6 is 15.9 Å². The Balaban J connectivity index is 1.82. The van der Waals surface area contributed by atoms with Gasteiger partial charge in [-0.05, 0) is 43.3 Å². The van der Waals surface area contributed by atoms with Crippen molar-refractivity contribution in [1.29, 1.82) is 0 Å². The number of carbonyl (C=O) groups is 2. The number of nitrogens with zero attached hydrogens (tertiary/aromatic N) is 2. The van der Waals surface area contributed by atoms with Crippen molar-refractivity contribution in [3.8, 4) is 0 Å². The normalized spacial score (nSPS) is 18.0. The van der Waals surface area contributed by atoms with Crippen molar-refractivity contribution in [1.82, 2.24) is 4.90 Å². The summed E-state index contributed by atoms with van der Waals surface area (Å²) in [7, 11) is 0. The average Bonchev–Trinajstić information content (AvgIpc) is 2.63. The molecule has 27 heavy (non-hydrogen) atoms. The lowest BCUT2D eigenvalue weighted by molar-refractivity contribution is -0.137. The van der Waals surface area contributed by atoms with Gasteiger partial charge in [0, 0.05) is 28.8 Å². The fraction of sp³-hybridized carbons (Fsp3) is 0.263. The predicted molar refractivity (Wildman–Crippen MR) is 98.4 cm³/mol. The van der Waals surface area contributed by atoms with Crippen LogP contribution in [0.2, 0.25) is 0 Å². The van der Waals surface area contributed by atoms with Gasteiger partial charge in [-0.3, -0.25) is 9.59 Å². The second-order valence-corrected chi connectivity index (χ2v) is 7.14. The molecule has 0 radical (unpaired) electrons. The van der Waals surface area contributed by atoms with E-state index in [1.54, 1.807) is 31.2 Å². The Morgan fingerprint density at radius 2 is 1.81 bits per heavy atom. The minimum absolute atomic E-state index is 0.129. The van der Waals surface area contributed by atoms with Crippen LogP contribution in [0.3, 0.4) is 0 Å². The van der Waals surface area contributed by atoms with Crippen molar-refractivity contribution in [2.75, 3.05) is 18.0 Å². The summed E-state index contributed by atoms with van der Waals surface area (Å²) in [5, 5.41) is 0. The molecule has 0 saturated carbocycles. The maximum absolute atomic E-state index is 12.9. The Bertz CT molecular complexity index is 885. The third kappa shape index (κ3) is 4.00. The van der Waals surface area contributed by atoms with E-state index in [2.05, 4.69) is 15.9 Å². The lowest BCUT2D eigenvalue weighted by Crippen LogP contribution is -2.57. The van der Waals surface area contributed by atoms with Crippen LogP contribution < -0.4 is 4.90 Å². The van der Waals surface area contributed by atoms with Gasteiger partial charge < -0.3 is 9.80 Å². The summed E-state index contributed by atoms with van der Waals surface area (Å²) in [5.41, 5.74) is -0.194. The second-order valence-electron chi connectivity index (χ2n) is 6.22. The Kier molecular flexibility index (Phi) is 5.28. The highest BCUT2D eigenvalue weighted by Crippen LogP contribution is 2.32. The number of carbonyl (C=O) groups excluding carboxylic acids is 2. The van der Waals surface area contributed by atoms with Crippen molar-refractivity contribution in [2.24, 2.45) is 0 Å². The van der Waals surface area contributed by atoms with Gasteiger partial charge >= 0.3 is 6.18 Å². The Morgan fingerprint density at radius 1 is 1.11 bits per heavy atom. The standard InChI is InChI=1S/C19H16BrF3N2O2/c1-12-17(26)25(16-7-3-5-14(11-16)19(21,22)23)9-8-24(12)18(27)13-4-2-6-15(20)10-13/h2-7,10-12H,8-9H2,1H3. The van der Waals surface area contributed by atoms with Gasteiger partial charge in [-0.1, -0.05) is 28.1 Å². The van der Waals surface area contributed by atoms with E-state index in [1.807, 2.05) is 0 Å². The molecule has 0 spiro atoms. The summed E-state index contributed by atoms with van der Waals surface area (Å²) in [6, 6.07) is 10.7. The van der Waals surface area contributed by atoms with Crippen LogP contribution in [-0.2, 0) is 11.0 Å². The summed E-state index contributed by atoms with van der Waals surface area (Å²) in [6.07, 6.45) is -4.48. The van der Waals surface area contributed by atoms with Crippen LogP contribution in [0.1, 0.15) is 22.8 Å². The van der Waals surface area contributed by atoms with Crippen molar-refractivity contribution in [3.05, 3.63) is 64.1 Å². The molecule has 2 aromatic carbocycles. The summed E-state index contributed by atoms with van der Waals surface area (Å²) in [4.78, 5) is 28.2. The van der Waals surface area contributed by atoms with Crippen LogP contribution in [0.4, 0.5) is 18.9 Å². The number of benzene rings is 2. The zero-order chi connectivity index (χ0) is 19.8. The maximum atomic E-state index is 12.9. The Labute approximate surface area is 162 Å². The molecule has 2 amide bonds. The smallest absolute Gasteiger partial charge is 0.325 e. The number of halogens is 4. The number of alkyl halides is 3. The average molecular weight is 441 g/mol. The first-order chi connectivity index (χ1) is 12.7. The Hall–Kier alpha value is -2.35. The molecule has 1 fully saturated rings. The molecule has 1 aliphatic rings. The highest BCUT2D eigenvalue weighted by molar-refractivity contribution is 9.10. The summed E-state index contributed by atoms with van der Waals surface area (Å²) in [5.74, 6) is -0.704. The largest absolute Gasteiger partial charge is 0.416 e. The fourth-order valence-corrected chi connectivity index (χ4v) is 3.44. The molecule has 0 N–H and O–H groups in total. The van der Waals surface area contributed by atoms with Gasteiger partial charge in [0.25, 0.3) is 5.91 Å². The zero-order valence-electron chi connectivity index (χ0n) is 14.3. The van der Waals surface area contributed by atoms with E-state index in [-0.39, 0.29) is 24.7 Å². The van der Waals surface area contributed by atoms with Crippen LogP contribution in [0, 0.1) is 0 Å². The van der Waals surface area contributed by atoms with Crippen molar-refractivity contribution >= 4 is 33.4 Å². The third-order valence-electron chi connectivity index (χ3n) is 4.47. The van der Waals surface area contributed by atoms with E-state index in [1.165, 1.54) is 21.9 Å². The number of hydrogen-bond donors (Lipinski definition) is 0. The van der Waals surface area contributed by atoms with Crippen LogP contribution in [0.25, 0.3) is 0 Å². The Morgan fingerprint density at radius 3 is 2.48 bits per heavy atom. The lowest BCUT2D eigenvalue weighted by Gasteiger charge is -2.39.